The van der Waals surface area contributed by atoms with Crippen molar-refractivity contribution in [3.8, 4) is 0 Å². The average Bonchev–Trinajstić information content (AvgIpc) is 2.88. The van der Waals surface area contributed by atoms with E-state index in [0.29, 0.717) is 19.4 Å². The van der Waals surface area contributed by atoms with Gasteiger partial charge in [-0.2, -0.15) is 0 Å². The highest BCUT2D eigenvalue weighted by Gasteiger charge is 2.46. The first-order valence-corrected chi connectivity index (χ1v) is 8.63. The first kappa shape index (κ1) is 19.6. The number of nitrogens with one attached hydrogen (secondary N) is 2. The number of hydrogen-bond acceptors (Lipinski definition) is 6. The van der Waals surface area contributed by atoms with E-state index in [4.69, 9.17) is 4.74 Å². The van der Waals surface area contributed by atoms with Crippen LogP contribution in [-0.4, -0.2) is 60.7 Å². The Balaban J connectivity index is 1.69. The van der Waals surface area contributed by atoms with Crippen LogP contribution in [0.1, 0.15) is 26.2 Å². The summed E-state index contributed by atoms with van der Waals surface area (Å²) in [6.07, 6.45) is 4.70. The number of nitrogens with zero attached hydrogens (tertiary/aromatic N) is 1. The Morgan fingerprint density at radius 2 is 1.69 bits per heavy atom. The summed E-state index contributed by atoms with van der Waals surface area (Å²) in [5.74, 6) is -2.79. The molecular formula is C17H23N3O6. The van der Waals surface area contributed by atoms with E-state index in [-0.39, 0.29) is 49.1 Å². The quantitative estimate of drug-likeness (QED) is 0.327. The molecule has 0 radical (unpaired) electrons. The van der Waals surface area contributed by atoms with Gasteiger partial charge in [-0.3, -0.25) is 28.9 Å². The third-order valence-electron chi connectivity index (χ3n) is 4.32. The number of likely N-dealkylation sites (N-methyl/N-ethyl adjacent to an activating group) is 1. The Morgan fingerprint density at radius 3 is 2.27 bits per heavy atom. The molecule has 1 saturated heterocycles. The lowest BCUT2D eigenvalue weighted by atomic mass is 9.85. The molecule has 2 N–H and O–H groups in total. The maximum absolute atomic E-state index is 12.2. The molecule has 2 aliphatic rings. The summed E-state index contributed by atoms with van der Waals surface area (Å²) in [6.45, 7) is 1.44. The van der Waals surface area contributed by atoms with Gasteiger partial charge in [-0.05, 0) is 19.8 Å². The maximum atomic E-state index is 12.2. The number of allylic oxidation sites excluding steroid dienone is 2. The standard InChI is InChI=1S/C17H23N3O6/c1-2-18-13(21)9-19-14(22)10-26-15(23)7-8-20-16(24)11-5-3-4-6-12(11)17(20)25/h3-4,11-12H,2,5-10H2,1H3,(H,18,21)(H,19,22)/t11-,12+. The van der Waals surface area contributed by atoms with Crippen LogP contribution in [0, 0.1) is 11.8 Å². The summed E-state index contributed by atoms with van der Waals surface area (Å²) in [4.78, 5) is 60.0. The number of rotatable bonds is 8. The number of hydrogen-bond donors (Lipinski definition) is 2. The number of fused-ring (bicyclic) bond motifs is 1. The van der Waals surface area contributed by atoms with Crippen LogP contribution in [0.4, 0.5) is 0 Å². The highest BCUT2D eigenvalue weighted by Crippen LogP contribution is 2.34. The number of likely N-dealkylation sites (tertiary alicyclic amines) is 1. The van der Waals surface area contributed by atoms with Crippen LogP contribution in [0.5, 0.6) is 0 Å². The lowest BCUT2D eigenvalue weighted by Gasteiger charge is -2.14. The number of imide groups is 1. The molecule has 1 aliphatic carbocycles. The molecule has 0 bridgehead atoms. The molecule has 0 unspecified atom stereocenters. The lowest BCUT2D eigenvalue weighted by molar-refractivity contribution is -0.149. The molecule has 0 aromatic rings. The molecule has 2 rings (SSSR count). The van der Waals surface area contributed by atoms with Gasteiger partial charge in [-0.1, -0.05) is 12.2 Å². The largest absolute Gasteiger partial charge is 0.456 e. The fraction of sp³-hybridized carbons (Fsp3) is 0.588. The summed E-state index contributed by atoms with van der Waals surface area (Å²) < 4.78 is 4.80. The van der Waals surface area contributed by atoms with Crippen LogP contribution in [-0.2, 0) is 28.7 Å². The molecule has 2 atom stereocenters. The van der Waals surface area contributed by atoms with Crippen molar-refractivity contribution in [1.82, 2.24) is 15.5 Å². The van der Waals surface area contributed by atoms with Gasteiger partial charge in [0.1, 0.15) is 0 Å². The van der Waals surface area contributed by atoms with Gasteiger partial charge in [0.15, 0.2) is 6.61 Å². The summed E-state index contributed by atoms with van der Waals surface area (Å²) in [7, 11) is 0. The molecule has 142 valence electrons. The fourth-order valence-corrected chi connectivity index (χ4v) is 3.00. The van der Waals surface area contributed by atoms with E-state index in [2.05, 4.69) is 10.6 Å². The van der Waals surface area contributed by atoms with Crippen molar-refractivity contribution in [2.45, 2.75) is 26.2 Å². The first-order valence-electron chi connectivity index (χ1n) is 8.63. The summed E-state index contributed by atoms with van der Waals surface area (Å²) in [5, 5.41) is 4.83. The van der Waals surface area contributed by atoms with E-state index in [9.17, 15) is 24.0 Å². The van der Waals surface area contributed by atoms with Gasteiger partial charge in [0.2, 0.25) is 17.7 Å². The minimum atomic E-state index is -0.688. The van der Waals surface area contributed by atoms with Crippen molar-refractivity contribution in [2.24, 2.45) is 11.8 Å². The van der Waals surface area contributed by atoms with E-state index >= 15 is 0 Å². The third-order valence-corrected chi connectivity index (χ3v) is 4.32. The fourth-order valence-electron chi connectivity index (χ4n) is 3.00. The molecule has 9 nitrogen and oxygen atoms in total. The zero-order chi connectivity index (χ0) is 19.1. The first-order chi connectivity index (χ1) is 12.4. The molecule has 0 aromatic heterocycles. The van der Waals surface area contributed by atoms with Crippen LogP contribution in [0.3, 0.4) is 0 Å². The third kappa shape index (κ3) is 4.90. The van der Waals surface area contributed by atoms with Gasteiger partial charge in [0, 0.05) is 13.1 Å². The molecule has 0 aromatic carbocycles. The maximum Gasteiger partial charge on any atom is 0.308 e. The summed E-state index contributed by atoms with van der Waals surface area (Å²) >= 11 is 0. The predicted molar refractivity (Wildman–Crippen MR) is 89.3 cm³/mol. The van der Waals surface area contributed by atoms with E-state index in [1.807, 2.05) is 12.2 Å². The van der Waals surface area contributed by atoms with Gasteiger partial charge >= 0.3 is 5.97 Å². The summed E-state index contributed by atoms with van der Waals surface area (Å²) in [6, 6.07) is 0. The highest BCUT2D eigenvalue weighted by atomic mass is 16.5. The molecule has 26 heavy (non-hydrogen) atoms. The molecule has 4 amide bonds. The van der Waals surface area contributed by atoms with E-state index in [0.717, 1.165) is 4.90 Å². The van der Waals surface area contributed by atoms with Crippen molar-refractivity contribution in [1.29, 1.82) is 0 Å². The van der Waals surface area contributed by atoms with E-state index in [1.54, 1.807) is 6.92 Å². The smallest absolute Gasteiger partial charge is 0.308 e. The Labute approximate surface area is 151 Å². The second kappa shape index (κ2) is 9.12. The number of amides is 4. The molecule has 9 heteroatoms. The van der Waals surface area contributed by atoms with Crippen LogP contribution in [0.25, 0.3) is 0 Å². The zero-order valence-corrected chi connectivity index (χ0v) is 14.7. The molecule has 1 aliphatic heterocycles. The Bertz CT molecular complexity index is 604. The highest BCUT2D eigenvalue weighted by molar-refractivity contribution is 6.05. The second-order valence-electron chi connectivity index (χ2n) is 6.12. The number of esters is 1. The normalized spacial score (nSPS) is 21.3. The van der Waals surface area contributed by atoms with Crippen molar-refractivity contribution < 1.29 is 28.7 Å². The van der Waals surface area contributed by atoms with Crippen molar-refractivity contribution in [2.75, 3.05) is 26.2 Å². The Morgan fingerprint density at radius 1 is 1.08 bits per heavy atom. The van der Waals surface area contributed by atoms with Gasteiger partial charge in [-0.15, -0.1) is 0 Å². The van der Waals surface area contributed by atoms with E-state index in [1.165, 1.54) is 0 Å². The molecule has 1 heterocycles. The molecule has 0 saturated carbocycles. The van der Waals surface area contributed by atoms with Gasteiger partial charge in [-0.25, -0.2) is 0 Å². The number of ether oxygens (including phenoxy) is 1. The number of carbonyl (C=O) groups is 5. The minimum Gasteiger partial charge on any atom is -0.456 e. The molecule has 0 spiro atoms. The molecule has 1 fully saturated rings. The van der Waals surface area contributed by atoms with Crippen molar-refractivity contribution >= 4 is 29.6 Å². The SMILES string of the molecule is CCNC(=O)CNC(=O)COC(=O)CCN1C(=O)[C@H]2CC=CC[C@H]2C1=O. The van der Waals surface area contributed by atoms with Crippen LogP contribution in [0.15, 0.2) is 12.2 Å². The van der Waals surface area contributed by atoms with E-state index < -0.39 is 18.5 Å². The average molecular weight is 365 g/mol. The number of carbonyl (C=O) groups excluding carboxylic acids is 5. The Kier molecular flexibility index (Phi) is 6.88. The predicted octanol–water partition coefficient (Wildman–Crippen LogP) is -0.877. The van der Waals surface area contributed by atoms with Crippen molar-refractivity contribution in [3.63, 3.8) is 0 Å². The van der Waals surface area contributed by atoms with Gasteiger partial charge in [0.05, 0.1) is 24.8 Å². The topological polar surface area (TPSA) is 122 Å². The van der Waals surface area contributed by atoms with Gasteiger partial charge in [0.25, 0.3) is 5.91 Å². The summed E-state index contributed by atoms with van der Waals surface area (Å²) in [5.41, 5.74) is 0. The van der Waals surface area contributed by atoms with Crippen molar-refractivity contribution in [3.05, 3.63) is 12.2 Å². The molecular weight excluding hydrogens is 342 g/mol. The lowest BCUT2D eigenvalue weighted by Crippen LogP contribution is -2.38. The van der Waals surface area contributed by atoms with Gasteiger partial charge < -0.3 is 15.4 Å². The Hall–Kier alpha value is -2.71. The zero-order valence-electron chi connectivity index (χ0n) is 14.7. The minimum absolute atomic E-state index is 0.0516. The second-order valence-corrected chi connectivity index (χ2v) is 6.12. The monoisotopic (exact) mass is 365 g/mol. The van der Waals surface area contributed by atoms with Crippen LogP contribution < -0.4 is 10.6 Å². The van der Waals surface area contributed by atoms with Crippen LogP contribution in [0.2, 0.25) is 0 Å². The van der Waals surface area contributed by atoms with Crippen LogP contribution >= 0.6 is 0 Å².